The minimum atomic E-state index is -2.37. The Balaban J connectivity index is 2.88. The third kappa shape index (κ3) is 0.936. The smallest absolute Gasteiger partial charge is 0.140 e. The predicted molar refractivity (Wildman–Crippen MR) is 36.4 cm³/mol. The molecular weight excluding hydrogens is 142 g/mol. The molecule has 0 aromatic heterocycles. The quantitative estimate of drug-likeness (QED) is 0.429. The van der Waals surface area contributed by atoms with Crippen molar-refractivity contribution in [3.05, 3.63) is 21.7 Å². The first kappa shape index (κ1) is 6.24. The van der Waals surface area contributed by atoms with Crippen molar-refractivity contribution in [2.24, 2.45) is 10.1 Å². The van der Waals surface area contributed by atoms with Gasteiger partial charge in [-0.3, -0.25) is 15.1 Å². The fraction of sp³-hybridized carbons (Fsp3) is 0. The van der Waals surface area contributed by atoms with Gasteiger partial charge in [-0.2, -0.15) is 0 Å². The van der Waals surface area contributed by atoms with Crippen molar-refractivity contribution in [1.29, 1.82) is 0 Å². The molecule has 0 bridgehead atoms. The van der Waals surface area contributed by atoms with E-state index in [1.54, 1.807) is 0 Å². The van der Waals surface area contributed by atoms with E-state index in [4.69, 9.17) is 5.14 Å². The van der Waals surface area contributed by atoms with Gasteiger partial charge in [0.2, 0.25) is 0 Å². The minimum absolute atomic E-state index is 0.514. The third-order valence-corrected chi connectivity index (χ3v) is 2.39. The predicted octanol–water partition coefficient (Wildman–Crippen LogP) is 0.370. The molecule has 0 aromatic carbocycles. The van der Waals surface area contributed by atoms with Gasteiger partial charge in [-0.05, 0) is 0 Å². The van der Waals surface area contributed by atoms with E-state index in [-0.39, 0.29) is 0 Å². The standard InChI is InChI=1S/C3H5N3O2S/c4-9(6(7)8)2-1-5-3-9/h1-3H,4H2. The Kier molecular flexibility index (Phi) is 1.26. The summed E-state index contributed by atoms with van der Waals surface area (Å²) in [4.78, 5) is 13.6. The Hall–Kier alpha value is -0.880. The second-order valence-electron chi connectivity index (χ2n) is 1.49. The van der Waals surface area contributed by atoms with Crippen LogP contribution in [-0.2, 0) is 0 Å². The Bertz CT molecular complexity index is 187. The fourth-order valence-corrected chi connectivity index (χ4v) is 1.17. The fourth-order valence-electron chi connectivity index (χ4n) is 0.389. The Labute approximate surface area is 53.0 Å². The van der Waals surface area contributed by atoms with E-state index in [0.717, 1.165) is 0 Å². The Morgan fingerprint density at radius 1 is 1.78 bits per heavy atom. The van der Waals surface area contributed by atoms with Crippen LogP contribution < -0.4 is 5.14 Å². The maximum Gasteiger partial charge on any atom is 0.140 e. The summed E-state index contributed by atoms with van der Waals surface area (Å²) in [6.45, 7) is 0. The average molecular weight is 147 g/mol. The molecule has 0 aromatic rings. The van der Waals surface area contributed by atoms with Crippen molar-refractivity contribution in [2.45, 2.75) is 0 Å². The summed E-state index contributed by atoms with van der Waals surface area (Å²) in [5, 5.41) is 16.7. The number of nitrogens with zero attached hydrogens (tertiary/aromatic N) is 2. The Morgan fingerprint density at radius 2 is 2.44 bits per heavy atom. The van der Waals surface area contributed by atoms with Crippen LogP contribution in [0.25, 0.3) is 0 Å². The summed E-state index contributed by atoms with van der Waals surface area (Å²) in [5.41, 5.74) is 1.17. The molecule has 50 valence electrons. The van der Waals surface area contributed by atoms with Crippen LogP contribution in [0.5, 0.6) is 0 Å². The van der Waals surface area contributed by atoms with Crippen LogP contribution in [0.2, 0.25) is 0 Å². The van der Waals surface area contributed by atoms with Gasteiger partial charge in [0.1, 0.15) is 15.9 Å². The summed E-state index contributed by atoms with van der Waals surface area (Å²) < 4.78 is -0.514. The maximum atomic E-state index is 10.1. The molecule has 0 spiro atoms. The summed E-state index contributed by atoms with van der Waals surface area (Å²) in [5.74, 6) is 0. The summed E-state index contributed by atoms with van der Waals surface area (Å²) in [6.07, 6.45) is 1.35. The highest BCUT2D eigenvalue weighted by Crippen LogP contribution is 2.40. The largest absolute Gasteiger partial charge is 0.251 e. The van der Waals surface area contributed by atoms with Crippen molar-refractivity contribution < 1.29 is 4.33 Å². The number of hydrogen-bond donors (Lipinski definition) is 1. The molecule has 1 heterocycles. The van der Waals surface area contributed by atoms with E-state index in [0.29, 0.717) is 0 Å². The molecule has 2 N–H and O–H groups in total. The number of hydrogen-bond acceptors (Lipinski definition) is 4. The lowest BCUT2D eigenvalue weighted by molar-refractivity contribution is -0.292. The SMILES string of the molecule is NS1([N+](=O)[O-])C=CN=C1. The summed E-state index contributed by atoms with van der Waals surface area (Å²) in [6, 6.07) is 0. The summed E-state index contributed by atoms with van der Waals surface area (Å²) >= 11 is 0. The van der Waals surface area contributed by atoms with Crippen molar-refractivity contribution in [2.75, 3.05) is 0 Å². The van der Waals surface area contributed by atoms with Crippen molar-refractivity contribution in [1.82, 2.24) is 0 Å². The highest BCUT2D eigenvalue weighted by Gasteiger charge is 2.28. The molecule has 9 heavy (non-hydrogen) atoms. The molecule has 0 radical (unpaired) electrons. The molecule has 0 saturated carbocycles. The van der Waals surface area contributed by atoms with E-state index < -0.39 is 14.7 Å². The van der Waals surface area contributed by atoms with E-state index in [2.05, 4.69) is 4.99 Å². The van der Waals surface area contributed by atoms with Gasteiger partial charge in [0, 0.05) is 6.20 Å². The van der Waals surface area contributed by atoms with Gasteiger partial charge in [0.15, 0.2) is 0 Å². The van der Waals surface area contributed by atoms with Crippen LogP contribution in [0.4, 0.5) is 0 Å². The average Bonchev–Trinajstić information content (AvgIpc) is 2.16. The third-order valence-electron chi connectivity index (χ3n) is 0.853. The number of nitro groups is 1. The van der Waals surface area contributed by atoms with E-state index in [1.807, 2.05) is 0 Å². The van der Waals surface area contributed by atoms with Crippen molar-refractivity contribution in [3.63, 3.8) is 0 Å². The highest BCUT2D eigenvalue weighted by atomic mass is 32.3. The molecule has 5 nitrogen and oxygen atoms in total. The van der Waals surface area contributed by atoms with Crippen LogP contribution in [0.15, 0.2) is 16.6 Å². The lowest BCUT2D eigenvalue weighted by Gasteiger charge is -2.10. The molecular formula is C3H5N3O2S. The van der Waals surface area contributed by atoms with E-state index in [1.165, 1.54) is 17.2 Å². The van der Waals surface area contributed by atoms with Crippen LogP contribution in [0, 0.1) is 10.1 Å². The van der Waals surface area contributed by atoms with Gasteiger partial charge in [0.25, 0.3) is 0 Å². The van der Waals surface area contributed by atoms with E-state index >= 15 is 0 Å². The summed E-state index contributed by atoms with van der Waals surface area (Å²) in [7, 11) is -2.37. The molecule has 0 aliphatic carbocycles. The van der Waals surface area contributed by atoms with Gasteiger partial charge in [-0.15, -0.1) is 0 Å². The van der Waals surface area contributed by atoms with E-state index in [9.17, 15) is 10.1 Å². The van der Waals surface area contributed by atoms with Gasteiger partial charge < -0.3 is 0 Å². The molecule has 6 heteroatoms. The number of nitrogens with two attached hydrogens (primary N) is 1. The maximum absolute atomic E-state index is 10.1. The molecule has 1 atom stereocenters. The van der Waals surface area contributed by atoms with Crippen molar-refractivity contribution in [3.8, 4) is 0 Å². The van der Waals surface area contributed by atoms with Crippen LogP contribution in [0.1, 0.15) is 0 Å². The zero-order valence-corrected chi connectivity index (χ0v) is 5.25. The number of rotatable bonds is 1. The monoisotopic (exact) mass is 147 g/mol. The zero-order valence-electron chi connectivity index (χ0n) is 4.43. The van der Waals surface area contributed by atoms with Gasteiger partial charge in [-0.1, -0.05) is 0 Å². The first-order chi connectivity index (χ1) is 4.15. The molecule has 1 unspecified atom stereocenters. The normalized spacial score (nSPS) is 38.3. The molecule has 0 saturated heterocycles. The molecule has 0 amide bonds. The van der Waals surface area contributed by atoms with Crippen LogP contribution in [-0.4, -0.2) is 9.88 Å². The second kappa shape index (κ2) is 1.82. The minimum Gasteiger partial charge on any atom is -0.251 e. The highest BCUT2D eigenvalue weighted by molar-refractivity contribution is 8.40. The zero-order chi connectivity index (χ0) is 6.91. The topological polar surface area (TPSA) is 81.5 Å². The van der Waals surface area contributed by atoms with Crippen molar-refractivity contribution >= 4 is 15.9 Å². The van der Waals surface area contributed by atoms with Gasteiger partial charge >= 0.3 is 0 Å². The first-order valence-electron chi connectivity index (χ1n) is 2.10. The van der Waals surface area contributed by atoms with Crippen LogP contribution >= 0.6 is 10.4 Å². The lowest BCUT2D eigenvalue weighted by Crippen LogP contribution is -2.16. The molecule has 1 aliphatic rings. The van der Waals surface area contributed by atoms with Crippen LogP contribution in [0.3, 0.4) is 0 Å². The molecule has 1 rings (SSSR count). The first-order valence-corrected chi connectivity index (χ1v) is 3.88. The Morgan fingerprint density at radius 3 is 2.67 bits per heavy atom. The molecule has 1 aliphatic heterocycles. The number of aliphatic imine (C=N–C) groups is 1. The van der Waals surface area contributed by atoms with Gasteiger partial charge in [0.05, 0.1) is 9.74 Å². The second-order valence-corrected chi connectivity index (χ2v) is 3.72. The lowest BCUT2D eigenvalue weighted by atomic mass is 11.1. The van der Waals surface area contributed by atoms with Gasteiger partial charge in [-0.25, -0.2) is 5.14 Å². The molecule has 0 fully saturated rings.